The van der Waals surface area contributed by atoms with Crippen LogP contribution >= 0.6 is 27.3 Å². The van der Waals surface area contributed by atoms with Crippen molar-refractivity contribution in [2.45, 2.75) is 25.6 Å². The van der Waals surface area contributed by atoms with E-state index < -0.39 is 0 Å². The van der Waals surface area contributed by atoms with Crippen LogP contribution in [-0.2, 0) is 16.1 Å². The Balaban J connectivity index is 1.79. The number of thiophene rings is 1. The zero-order valence-electron chi connectivity index (χ0n) is 7.87. The molecule has 0 aliphatic carbocycles. The molecule has 0 spiro atoms. The van der Waals surface area contributed by atoms with Crippen molar-refractivity contribution in [1.29, 1.82) is 0 Å². The summed E-state index contributed by atoms with van der Waals surface area (Å²) < 4.78 is 12.2. The molecule has 0 bridgehead atoms. The zero-order valence-corrected chi connectivity index (χ0v) is 10.3. The molecule has 78 valence electrons. The molecule has 2 nitrogen and oxygen atoms in total. The van der Waals surface area contributed by atoms with E-state index in [1.54, 1.807) is 11.3 Å². The van der Waals surface area contributed by atoms with Gasteiger partial charge >= 0.3 is 0 Å². The lowest BCUT2D eigenvalue weighted by Crippen LogP contribution is -2.23. The highest BCUT2D eigenvalue weighted by Gasteiger charge is 2.14. The summed E-state index contributed by atoms with van der Waals surface area (Å²) in [6.45, 7) is 2.41. The third-order valence-electron chi connectivity index (χ3n) is 2.31. The van der Waals surface area contributed by atoms with E-state index in [9.17, 15) is 0 Å². The summed E-state index contributed by atoms with van der Waals surface area (Å²) in [6, 6.07) is 2.06. The Morgan fingerprint density at radius 2 is 2.29 bits per heavy atom. The number of hydrogen-bond donors (Lipinski definition) is 0. The second-order valence-electron chi connectivity index (χ2n) is 3.31. The molecule has 0 unspecified atom stereocenters. The van der Waals surface area contributed by atoms with E-state index in [1.807, 2.05) is 0 Å². The van der Waals surface area contributed by atoms with Crippen molar-refractivity contribution in [3.05, 3.63) is 20.8 Å². The molecule has 4 heteroatoms. The lowest BCUT2D eigenvalue weighted by Gasteiger charge is -2.22. The van der Waals surface area contributed by atoms with Gasteiger partial charge in [0.2, 0.25) is 0 Å². The molecule has 2 heterocycles. The molecular weight excluding hydrogens is 264 g/mol. The average Bonchev–Trinajstić information content (AvgIpc) is 2.63. The highest BCUT2D eigenvalue weighted by molar-refractivity contribution is 9.10. The molecule has 1 aromatic rings. The van der Waals surface area contributed by atoms with Crippen molar-refractivity contribution in [2.24, 2.45) is 0 Å². The number of rotatable bonds is 3. The van der Waals surface area contributed by atoms with Gasteiger partial charge in [0.25, 0.3) is 0 Å². The monoisotopic (exact) mass is 276 g/mol. The third-order valence-corrected chi connectivity index (χ3v) is 4.21. The molecular formula is C10H13BrO2S. The van der Waals surface area contributed by atoms with Crippen LogP contribution in [0.5, 0.6) is 0 Å². The Kier molecular flexibility index (Phi) is 3.99. The van der Waals surface area contributed by atoms with Crippen LogP contribution < -0.4 is 0 Å². The van der Waals surface area contributed by atoms with E-state index in [0.29, 0.717) is 6.10 Å². The van der Waals surface area contributed by atoms with E-state index in [1.165, 1.54) is 4.88 Å². The fourth-order valence-corrected chi connectivity index (χ4v) is 2.85. The van der Waals surface area contributed by atoms with Crippen molar-refractivity contribution < 1.29 is 9.47 Å². The predicted molar refractivity (Wildman–Crippen MR) is 60.6 cm³/mol. The van der Waals surface area contributed by atoms with Crippen LogP contribution in [0.15, 0.2) is 15.9 Å². The van der Waals surface area contributed by atoms with Gasteiger partial charge in [-0.1, -0.05) is 0 Å². The van der Waals surface area contributed by atoms with E-state index in [4.69, 9.17) is 9.47 Å². The van der Waals surface area contributed by atoms with Crippen molar-refractivity contribution in [3.63, 3.8) is 0 Å². The first-order valence-electron chi connectivity index (χ1n) is 4.77. The molecule has 14 heavy (non-hydrogen) atoms. The summed E-state index contributed by atoms with van der Waals surface area (Å²) in [5.41, 5.74) is 0. The van der Waals surface area contributed by atoms with Crippen LogP contribution in [0.3, 0.4) is 0 Å². The molecule has 0 N–H and O–H groups in total. The quantitative estimate of drug-likeness (QED) is 0.844. The smallest absolute Gasteiger partial charge is 0.0824 e. The fraction of sp³-hybridized carbons (Fsp3) is 0.600. The van der Waals surface area contributed by atoms with Crippen LogP contribution in [0.1, 0.15) is 17.7 Å². The maximum Gasteiger partial charge on any atom is 0.0824 e. The van der Waals surface area contributed by atoms with Crippen molar-refractivity contribution in [2.75, 3.05) is 13.2 Å². The Morgan fingerprint density at radius 1 is 1.50 bits per heavy atom. The molecule has 2 rings (SSSR count). The lowest BCUT2D eigenvalue weighted by atomic mass is 10.1. The Hall–Kier alpha value is 0.1000. The topological polar surface area (TPSA) is 18.5 Å². The Morgan fingerprint density at radius 3 is 2.93 bits per heavy atom. The zero-order chi connectivity index (χ0) is 9.80. The standard InChI is InChI=1S/C10H13BrO2S/c11-9-3-6-14-10(9)7-13-8-1-4-12-5-2-8/h3,6,8H,1-2,4-5,7H2. The van der Waals surface area contributed by atoms with E-state index in [2.05, 4.69) is 27.4 Å². The summed E-state index contributed by atoms with van der Waals surface area (Å²) in [5, 5.41) is 2.08. The van der Waals surface area contributed by atoms with Gasteiger partial charge in [-0.05, 0) is 40.2 Å². The highest BCUT2D eigenvalue weighted by atomic mass is 79.9. The maximum absolute atomic E-state index is 5.81. The number of ether oxygens (including phenoxy) is 2. The van der Waals surface area contributed by atoms with Crippen molar-refractivity contribution in [1.82, 2.24) is 0 Å². The van der Waals surface area contributed by atoms with Crippen LogP contribution in [0.2, 0.25) is 0 Å². The van der Waals surface area contributed by atoms with Gasteiger partial charge in [0.05, 0.1) is 12.7 Å². The summed E-state index contributed by atoms with van der Waals surface area (Å²) in [5.74, 6) is 0. The number of hydrogen-bond acceptors (Lipinski definition) is 3. The predicted octanol–water partition coefficient (Wildman–Crippen LogP) is 3.21. The molecule has 1 aliphatic rings. The third kappa shape index (κ3) is 2.79. The average molecular weight is 277 g/mol. The molecule has 0 radical (unpaired) electrons. The van der Waals surface area contributed by atoms with E-state index >= 15 is 0 Å². The molecule has 0 saturated carbocycles. The van der Waals surface area contributed by atoms with Gasteiger partial charge < -0.3 is 9.47 Å². The second kappa shape index (κ2) is 5.26. The molecule has 1 aromatic heterocycles. The summed E-state index contributed by atoms with van der Waals surface area (Å²) in [4.78, 5) is 1.27. The van der Waals surface area contributed by atoms with Crippen LogP contribution in [0, 0.1) is 0 Å². The number of halogens is 1. The molecule has 1 aliphatic heterocycles. The van der Waals surface area contributed by atoms with Gasteiger partial charge in [-0.15, -0.1) is 11.3 Å². The van der Waals surface area contributed by atoms with Gasteiger partial charge in [-0.25, -0.2) is 0 Å². The van der Waals surface area contributed by atoms with Crippen LogP contribution in [0.25, 0.3) is 0 Å². The summed E-state index contributed by atoms with van der Waals surface area (Å²) in [7, 11) is 0. The molecule has 0 aromatic carbocycles. The first-order chi connectivity index (χ1) is 6.86. The SMILES string of the molecule is Brc1ccsc1COC1CCOCC1. The fourth-order valence-electron chi connectivity index (χ4n) is 1.46. The largest absolute Gasteiger partial charge is 0.381 e. The highest BCUT2D eigenvalue weighted by Crippen LogP contribution is 2.24. The van der Waals surface area contributed by atoms with E-state index in [-0.39, 0.29) is 0 Å². The van der Waals surface area contributed by atoms with Gasteiger partial charge in [0, 0.05) is 22.6 Å². The Labute approximate surface area is 96.4 Å². The Bertz CT molecular complexity index is 281. The minimum absolute atomic E-state index is 0.387. The molecule has 1 saturated heterocycles. The summed E-state index contributed by atoms with van der Waals surface area (Å²) >= 11 is 5.23. The van der Waals surface area contributed by atoms with Crippen molar-refractivity contribution >= 4 is 27.3 Å². The molecule has 0 atom stereocenters. The van der Waals surface area contributed by atoms with Crippen LogP contribution in [0.4, 0.5) is 0 Å². The van der Waals surface area contributed by atoms with Crippen LogP contribution in [-0.4, -0.2) is 19.3 Å². The normalized spacial score (nSPS) is 18.6. The first kappa shape index (κ1) is 10.6. The van der Waals surface area contributed by atoms with Gasteiger partial charge in [-0.3, -0.25) is 0 Å². The minimum Gasteiger partial charge on any atom is -0.381 e. The molecule has 1 fully saturated rings. The minimum atomic E-state index is 0.387. The van der Waals surface area contributed by atoms with Gasteiger partial charge in [-0.2, -0.15) is 0 Å². The van der Waals surface area contributed by atoms with Gasteiger partial charge in [0.15, 0.2) is 0 Å². The summed E-state index contributed by atoms with van der Waals surface area (Å²) in [6.07, 6.45) is 2.45. The lowest BCUT2D eigenvalue weighted by molar-refractivity contribution is -0.0384. The van der Waals surface area contributed by atoms with Gasteiger partial charge in [0.1, 0.15) is 0 Å². The molecule has 0 amide bonds. The van der Waals surface area contributed by atoms with Crippen molar-refractivity contribution in [3.8, 4) is 0 Å². The second-order valence-corrected chi connectivity index (χ2v) is 5.17. The van der Waals surface area contributed by atoms with E-state index in [0.717, 1.165) is 37.1 Å². The first-order valence-corrected chi connectivity index (χ1v) is 6.45. The maximum atomic E-state index is 5.81.